The first-order valence-electron chi connectivity index (χ1n) is 5.00. The summed E-state index contributed by atoms with van der Waals surface area (Å²) in [5.41, 5.74) is 0.690. The number of halogens is 1. The molecular formula is C11H12ClNO5. The van der Waals surface area contributed by atoms with Crippen LogP contribution in [0.25, 0.3) is 0 Å². The second kappa shape index (κ2) is 6.34. The smallest absolute Gasteiger partial charge is 0.335 e. The minimum absolute atomic E-state index is 0.178. The molecule has 0 radical (unpaired) electrons. The molecule has 0 bridgehead atoms. The molecule has 1 aromatic rings. The number of aliphatic hydroxyl groups is 2. The van der Waals surface area contributed by atoms with Crippen molar-refractivity contribution in [2.45, 2.75) is 12.2 Å². The fourth-order valence-corrected chi connectivity index (χ4v) is 1.34. The number of carbonyl (C=O) groups excluding carboxylic acids is 1. The number of benzene rings is 1. The van der Waals surface area contributed by atoms with Crippen LogP contribution in [0.1, 0.15) is 11.7 Å². The van der Waals surface area contributed by atoms with Crippen LogP contribution in [-0.4, -0.2) is 39.2 Å². The molecule has 2 unspecified atom stereocenters. The van der Waals surface area contributed by atoms with Crippen molar-refractivity contribution in [3.05, 3.63) is 29.8 Å². The quantitative estimate of drug-likeness (QED) is 0.579. The minimum Gasteiger partial charge on any atom is -0.479 e. The highest BCUT2D eigenvalue weighted by atomic mass is 35.5. The lowest BCUT2D eigenvalue weighted by atomic mass is 10.0. The van der Waals surface area contributed by atoms with Gasteiger partial charge in [0, 0.05) is 5.69 Å². The Morgan fingerprint density at radius 1 is 1.22 bits per heavy atom. The summed E-state index contributed by atoms with van der Waals surface area (Å²) in [6.45, 7) is 0. The minimum atomic E-state index is -1.90. The maximum Gasteiger partial charge on any atom is 0.335 e. The molecule has 0 fully saturated rings. The lowest BCUT2D eigenvalue weighted by molar-refractivity contribution is -0.153. The molecule has 1 amide bonds. The van der Waals surface area contributed by atoms with E-state index < -0.39 is 18.2 Å². The first-order valence-corrected chi connectivity index (χ1v) is 5.54. The molecule has 0 saturated heterocycles. The number of nitrogens with one attached hydrogen (secondary N) is 1. The molecule has 0 aromatic heterocycles. The largest absolute Gasteiger partial charge is 0.479 e. The van der Waals surface area contributed by atoms with E-state index in [2.05, 4.69) is 5.32 Å². The standard InChI is InChI=1S/C11H12ClNO5/c12-5-8(14)13-7-3-1-6(2-4-7)9(15)10(16)11(17)18/h1-4,9-10,15-16H,5H2,(H,13,14)(H,17,18). The van der Waals surface area contributed by atoms with E-state index in [-0.39, 0.29) is 17.4 Å². The lowest BCUT2D eigenvalue weighted by Gasteiger charge is -2.14. The van der Waals surface area contributed by atoms with Crippen molar-refractivity contribution in [1.29, 1.82) is 0 Å². The summed E-state index contributed by atoms with van der Waals surface area (Å²) in [7, 11) is 0. The Morgan fingerprint density at radius 2 is 1.78 bits per heavy atom. The van der Waals surface area contributed by atoms with Gasteiger partial charge in [0.2, 0.25) is 5.91 Å². The van der Waals surface area contributed by atoms with Gasteiger partial charge < -0.3 is 20.6 Å². The van der Waals surface area contributed by atoms with Crippen molar-refractivity contribution in [2.24, 2.45) is 0 Å². The predicted octanol–water partition coefficient (Wildman–Crippen LogP) is 0.343. The molecule has 4 N–H and O–H groups in total. The fraction of sp³-hybridized carbons (Fsp3) is 0.273. The summed E-state index contributed by atoms with van der Waals surface area (Å²) < 4.78 is 0. The van der Waals surface area contributed by atoms with E-state index in [1.54, 1.807) is 0 Å². The molecule has 18 heavy (non-hydrogen) atoms. The molecule has 0 spiro atoms. The second-order valence-electron chi connectivity index (χ2n) is 3.53. The summed E-state index contributed by atoms with van der Waals surface area (Å²) in [5, 5.41) is 29.7. The van der Waals surface area contributed by atoms with Gasteiger partial charge in [-0.15, -0.1) is 11.6 Å². The fourth-order valence-electron chi connectivity index (χ4n) is 1.28. The van der Waals surface area contributed by atoms with Gasteiger partial charge in [-0.3, -0.25) is 4.79 Å². The van der Waals surface area contributed by atoms with Crippen molar-refractivity contribution in [3.63, 3.8) is 0 Å². The van der Waals surface area contributed by atoms with Crippen molar-refractivity contribution in [3.8, 4) is 0 Å². The Kier molecular flexibility index (Phi) is 5.08. The number of hydrogen-bond donors (Lipinski definition) is 4. The van der Waals surface area contributed by atoms with E-state index in [1.165, 1.54) is 24.3 Å². The average molecular weight is 274 g/mol. The second-order valence-corrected chi connectivity index (χ2v) is 3.80. The number of carboxylic acids is 1. The van der Waals surface area contributed by atoms with E-state index >= 15 is 0 Å². The number of carboxylic acid groups (broad SMARTS) is 1. The highest BCUT2D eigenvalue weighted by Crippen LogP contribution is 2.19. The molecule has 0 aliphatic rings. The maximum absolute atomic E-state index is 11.0. The zero-order chi connectivity index (χ0) is 13.7. The van der Waals surface area contributed by atoms with Crippen LogP contribution in [0.2, 0.25) is 0 Å². The first-order chi connectivity index (χ1) is 8.45. The average Bonchev–Trinajstić information content (AvgIpc) is 2.37. The number of aliphatic hydroxyl groups excluding tert-OH is 2. The number of anilines is 1. The Bertz CT molecular complexity index is 434. The molecule has 0 aliphatic carbocycles. The van der Waals surface area contributed by atoms with Gasteiger partial charge in [-0.25, -0.2) is 4.79 Å². The number of amides is 1. The normalized spacial score (nSPS) is 13.7. The van der Waals surface area contributed by atoms with Gasteiger partial charge in [0.25, 0.3) is 0 Å². The predicted molar refractivity (Wildman–Crippen MR) is 64.4 cm³/mol. The molecule has 98 valence electrons. The third-order valence-electron chi connectivity index (χ3n) is 2.21. The van der Waals surface area contributed by atoms with Crippen LogP contribution in [0.4, 0.5) is 5.69 Å². The van der Waals surface area contributed by atoms with Gasteiger partial charge in [0.05, 0.1) is 0 Å². The summed E-state index contributed by atoms with van der Waals surface area (Å²) in [4.78, 5) is 21.5. The molecule has 2 atom stereocenters. The molecule has 0 aliphatic heterocycles. The summed E-state index contributed by atoms with van der Waals surface area (Å²) in [6, 6.07) is 5.75. The van der Waals surface area contributed by atoms with Gasteiger partial charge in [0.1, 0.15) is 12.0 Å². The summed E-state index contributed by atoms with van der Waals surface area (Å²) >= 11 is 5.31. The zero-order valence-electron chi connectivity index (χ0n) is 9.21. The van der Waals surface area contributed by atoms with Crippen molar-refractivity contribution in [2.75, 3.05) is 11.2 Å². The van der Waals surface area contributed by atoms with Crippen LogP contribution < -0.4 is 5.32 Å². The Morgan fingerprint density at radius 3 is 2.22 bits per heavy atom. The third-order valence-corrected chi connectivity index (χ3v) is 2.45. The van der Waals surface area contributed by atoms with Crippen LogP contribution in [0.3, 0.4) is 0 Å². The topological polar surface area (TPSA) is 107 Å². The summed E-state index contributed by atoms with van der Waals surface area (Å²) in [5.74, 6) is -2.07. The first kappa shape index (κ1) is 14.4. The molecule has 1 aromatic carbocycles. The van der Waals surface area contributed by atoms with Crippen LogP contribution in [0, 0.1) is 0 Å². The summed E-state index contributed by atoms with van der Waals surface area (Å²) in [6.07, 6.45) is -3.42. The number of carbonyl (C=O) groups is 2. The van der Waals surface area contributed by atoms with E-state index in [9.17, 15) is 14.7 Å². The van der Waals surface area contributed by atoms with Crippen molar-refractivity contribution < 1.29 is 24.9 Å². The van der Waals surface area contributed by atoms with Gasteiger partial charge in [-0.2, -0.15) is 0 Å². The van der Waals surface area contributed by atoms with Gasteiger partial charge >= 0.3 is 5.97 Å². The van der Waals surface area contributed by atoms with Gasteiger partial charge in [-0.1, -0.05) is 12.1 Å². The maximum atomic E-state index is 11.0. The van der Waals surface area contributed by atoms with Crippen molar-refractivity contribution >= 4 is 29.2 Å². The van der Waals surface area contributed by atoms with Crippen molar-refractivity contribution in [1.82, 2.24) is 0 Å². The molecule has 1 rings (SSSR count). The Balaban J connectivity index is 2.76. The zero-order valence-corrected chi connectivity index (χ0v) is 9.96. The van der Waals surface area contributed by atoms with Crippen LogP contribution >= 0.6 is 11.6 Å². The number of rotatable bonds is 5. The monoisotopic (exact) mass is 273 g/mol. The van der Waals surface area contributed by atoms with Crippen LogP contribution in [-0.2, 0) is 9.59 Å². The highest BCUT2D eigenvalue weighted by molar-refractivity contribution is 6.29. The SMILES string of the molecule is O=C(CCl)Nc1ccc(C(O)C(O)C(=O)O)cc1. The third kappa shape index (κ3) is 3.69. The van der Waals surface area contributed by atoms with Crippen LogP contribution in [0.5, 0.6) is 0 Å². The van der Waals surface area contributed by atoms with E-state index in [0.717, 1.165) is 0 Å². The molecule has 6 nitrogen and oxygen atoms in total. The Labute approximate surface area is 108 Å². The number of alkyl halides is 1. The number of hydrogen-bond acceptors (Lipinski definition) is 4. The molecule has 0 heterocycles. The van der Waals surface area contributed by atoms with Crippen LogP contribution in [0.15, 0.2) is 24.3 Å². The lowest BCUT2D eigenvalue weighted by Crippen LogP contribution is -2.27. The number of aliphatic carboxylic acids is 1. The molecule has 7 heteroatoms. The van der Waals surface area contributed by atoms with E-state index in [1.807, 2.05) is 0 Å². The van der Waals surface area contributed by atoms with Gasteiger partial charge in [0.15, 0.2) is 6.10 Å². The highest BCUT2D eigenvalue weighted by Gasteiger charge is 2.24. The van der Waals surface area contributed by atoms with E-state index in [0.29, 0.717) is 5.69 Å². The molecule has 0 saturated carbocycles. The molecular weight excluding hydrogens is 262 g/mol. The van der Waals surface area contributed by atoms with E-state index in [4.69, 9.17) is 21.8 Å². The van der Waals surface area contributed by atoms with Gasteiger partial charge in [-0.05, 0) is 17.7 Å². The Hall–Kier alpha value is -1.63.